The van der Waals surface area contributed by atoms with Gasteiger partial charge in [-0.25, -0.2) is 4.79 Å². The fourth-order valence-corrected chi connectivity index (χ4v) is 3.89. The Kier molecular flexibility index (Phi) is 10.3. The van der Waals surface area contributed by atoms with Crippen LogP contribution < -0.4 is 25.4 Å². The lowest BCUT2D eigenvalue weighted by molar-refractivity contribution is -0.154. The SMILES string of the molecule is CC(C)(C)OC(=O)N1CCCNC(=O)c2ccc(cc2)Nc2nc(nc(OCC(F)(F)F)n2)NCc2ccc(cc2)OCC1. The van der Waals surface area contributed by atoms with Gasteiger partial charge < -0.3 is 35.1 Å². The smallest absolute Gasteiger partial charge is 0.422 e. The molecular weight excluding hydrogens is 583 g/mol. The maximum absolute atomic E-state index is 12.8. The Labute approximate surface area is 252 Å². The van der Waals surface area contributed by atoms with Crippen molar-refractivity contribution in [3.8, 4) is 11.8 Å². The van der Waals surface area contributed by atoms with Gasteiger partial charge in [0.05, 0.1) is 6.54 Å². The van der Waals surface area contributed by atoms with Gasteiger partial charge >= 0.3 is 18.3 Å². The third kappa shape index (κ3) is 10.5. The normalized spacial score (nSPS) is 15.0. The van der Waals surface area contributed by atoms with E-state index in [-0.39, 0.29) is 37.5 Å². The van der Waals surface area contributed by atoms with Crippen LogP contribution in [0.15, 0.2) is 48.5 Å². The predicted molar refractivity (Wildman–Crippen MR) is 155 cm³/mol. The van der Waals surface area contributed by atoms with Crippen molar-refractivity contribution >= 4 is 29.6 Å². The highest BCUT2D eigenvalue weighted by atomic mass is 19.4. The fourth-order valence-electron chi connectivity index (χ4n) is 3.89. The number of alkyl halides is 3. The van der Waals surface area contributed by atoms with Crippen molar-refractivity contribution in [1.82, 2.24) is 25.2 Å². The quantitative estimate of drug-likeness (QED) is 0.363. The molecule has 4 aliphatic heterocycles. The zero-order chi connectivity index (χ0) is 31.7. The minimum Gasteiger partial charge on any atom is -0.492 e. The van der Waals surface area contributed by atoms with Crippen LogP contribution >= 0.6 is 0 Å². The molecule has 4 aliphatic rings. The first-order valence-corrected chi connectivity index (χ1v) is 13.9. The Bertz CT molecular complexity index is 1410. The second-order valence-corrected chi connectivity index (χ2v) is 10.8. The number of halogens is 3. The van der Waals surface area contributed by atoms with E-state index in [2.05, 4.69) is 30.9 Å². The standard InChI is InChI=1S/C29H34F3N7O5/c1-28(2,3)44-27(41)39-14-4-13-33-23(40)20-7-9-21(10-8-20)35-25-36-24(37-26(38-25)43-18-29(30,31)32)34-17-19-5-11-22(12-6-19)42-16-15-39/h5-12H,4,13-18H2,1-3H3,(H,33,40)(H2,34,35,36,37,38). The summed E-state index contributed by atoms with van der Waals surface area (Å²) in [7, 11) is 0. The largest absolute Gasteiger partial charge is 0.492 e. The minimum atomic E-state index is -4.58. The van der Waals surface area contributed by atoms with Gasteiger partial charge in [-0.1, -0.05) is 12.1 Å². The van der Waals surface area contributed by atoms with Crippen LogP contribution in [0.2, 0.25) is 0 Å². The highest BCUT2D eigenvalue weighted by Crippen LogP contribution is 2.21. The van der Waals surface area contributed by atoms with E-state index in [1.54, 1.807) is 74.2 Å². The second-order valence-electron chi connectivity index (χ2n) is 10.8. The molecule has 0 fully saturated rings. The van der Waals surface area contributed by atoms with Crippen molar-refractivity contribution in [3.05, 3.63) is 59.7 Å². The van der Waals surface area contributed by atoms with Gasteiger partial charge in [-0.3, -0.25) is 4.79 Å². The number of nitrogens with zero attached hydrogens (tertiary/aromatic N) is 4. The molecule has 3 aromatic rings. The molecule has 0 saturated carbocycles. The summed E-state index contributed by atoms with van der Waals surface area (Å²) >= 11 is 0. The maximum Gasteiger partial charge on any atom is 0.422 e. The van der Waals surface area contributed by atoms with Gasteiger partial charge in [-0.05, 0) is 69.2 Å². The Morgan fingerprint density at radius 1 is 0.955 bits per heavy atom. The third-order valence-electron chi connectivity index (χ3n) is 5.93. The number of rotatable bonds is 2. The van der Waals surface area contributed by atoms with Crippen molar-refractivity contribution in [2.45, 2.75) is 45.5 Å². The molecule has 236 valence electrons. The summed E-state index contributed by atoms with van der Waals surface area (Å²) in [6, 6.07) is 12.9. The zero-order valence-corrected chi connectivity index (χ0v) is 24.5. The molecular formula is C29H34F3N7O5. The van der Waals surface area contributed by atoms with Gasteiger partial charge in [0, 0.05) is 30.9 Å². The number of nitrogens with one attached hydrogen (secondary N) is 3. The molecule has 2 aromatic carbocycles. The summed E-state index contributed by atoms with van der Waals surface area (Å²) in [6.45, 7) is 5.15. The average Bonchev–Trinajstić information content (AvgIpc) is 2.95. The predicted octanol–water partition coefficient (Wildman–Crippen LogP) is 4.92. The maximum atomic E-state index is 12.8. The fraction of sp³-hybridized carbons (Fsp3) is 0.414. The van der Waals surface area contributed by atoms with Crippen molar-refractivity contribution < 1.29 is 37.0 Å². The summed E-state index contributed by atoms with van der Waals surface area (Å²) in [5.74, 6) is 0.174. The number of amides is 2. The summed E-state index contributed by atoms with van der Waals surface area (Å²) in [4.78, 5) is 39.2. The van der Waals surface area contributed by atoms with E-state index < -0.39 is 30.5 Å². The van der Waals surface area contributed by atoms with Crippen LogP contribution in [0.5, 0.6) is 11.8 Å². The van der Waals surface area contributed by atoms with Gasteiger partial charge in [0.25, 0.3) is 5.91 Å². The van der Waals surface area contributed by atoms with E-state index in [9.17, 15) is 22.8 Å². The Hall–Kier alpha value is -4.82. The molecule has 0 radical (unpaired) electrons. The lowest BCUT2D eigenvalue weighted by atomic mass is 10.2. The number of anilines is 3. The molecule has 1 aromatic heterocycles. The summed E-state index contributed by atoms with van der Waals surface area (Å²) in [6.07, 6.45) is -4.58. The molecule has 0 aliphatic carbocycles. The first-order valence-electron chi connectivity index (χ1n) is 13.9. The lowest BCUT2D eigenvalue weighted by Crippen LogP contribution is -2.40. The number of hydrogen-bond donors (Lipinski definition) is 3. The second kappa shape index (κ2) is 14.1. The van der Waals surface area contributed by atoms with E-state index in [1.807, 2.05) is 0 Å². The van der Waals surface area contributed by atoms with Crippen LogP contribution in [-0.2, 0) is 11.3 Å². The molecule has 2 amide bonds. The van der Waals surface area contributed by atoms with Crippen LogP contribution in [0.4, 0.5) is 35.5 Å². The molecule has 5 heterocycles. The van der Waals surface area contributed by atoms with Crippen LogP contribution in [0.1, 0.15) is 43.1 Å². The molecule has 15 heteroatoms. The highest BCUT2D eigenvalue weighted by molar-refractivity contribution is 5.94. The molecule has 3 N–H and O–H groups in total. The molecule has 44 heavy (non-hydrogen) atoms. The number of aromatic nitrogens is 3. The Balaban J connectivity index is 1.55. The van der Waals surface area contributed by atoms with Gasteiger partial charge in [0.15, 0.2) is 6.61 Å². The van der Waals surface area contributed by atoms with E-state index >= 15 is 0 Å². The molecule has 0 saturated heterocycles. The van der Waals surface area contributed by atoms with E-state index in [0.717, 1.165) is 5.56 Å². The summed E-state index contributed by atoms with van der Waals surface area (Å²) < 4.78 is 54.5. The monoisotopic (exact) mass is 617 g/mol. The van der Waals surface area contributed by atoms with Crippen LogP contribution in [0, 0.1) is 0 Å². The third-order valence-corrected chi connectivity index (χ3v) is 5.93. The van der Waals surface area contributed by atoms with Crippen molar-refractivity contribution in [3.63, 3.8) is 0 Å². The molecule has 0 atom stereocenters. The van der Waals surface area contributed by atoms with Crippen LogP contribution in [0.3, 0.4) is 0 Å². The topological polar surface area (TPSA) is 140 Å². The number of benzene rings is 2. The van der Waals surface area contributed by atoms with Gasteiger partial charge in [-0.2, -0.15) is 28.1 Å². The van der Waals surface area contributed by atoms with Crippen molar-refractivity contribution in [2.75, 3.05) is 43.5 Å². The number of ether oxygens (including phenoxy) is 3. The molecule has 0 unspecified atom stereocenters. The summed E-state index contributed by atoms with van der Waals surface area (Å²) in [5.41, 5.74) is 0.994. The lowest BCUT2D eigenvalue weighted by Gasteiger charge is -2.27. The Morgan fingerprint density at radius 3 is 2.34 bits per heavy atom. The van der Waals surface area contributed by atoms with E-state index in [1.165, 1.54) is 0 Å². The zero-order valence-electron chi connectivity index (χ0n) is 24.5. The van der Waals surface area contributed by atoms with Crippen LogP contribution in [-0.4, -0.2) is 76.5 Å². The Morgan fingerprint density at radius 2 is 1.66 bits per heavy atom. The van der Waals surface area contributed by atoms with Gasteiger partial charge in [-0.15, -0.1) is 0 Å². The van der Waals surface area contributed by atoms with Crippen molar-refractivity contribution in [1.29, 1.82) is 0 Å². The first-order chi connectivity index (χ1) is 20.8. The number of carbonyl (C=O) groups excluding carboxylic acids is 2. The number of carbonyl (C=O) groups is 2. The van der Waals surface area contributed by atoms with Gasteiger partial charge in [0.1, 0.15) is 18.0 Å². The molecule has 7 rings (SSSR count). The highest BCUT2D eigenvalue weighted by Gasteiger charge is 2.29. The van der Waals surface area contributed by atoms with E-state index in [0.29, 0.717) is 36.5 Å². The summed E-state index contributed by atoms with van der Waals surface area (Å²) in [5, 5.41) is 8.69. The van der Waals surface area contributed by atoms with Gasteiger partial charge in [0.2, 0.25) is 11.9 Å². The van der Waals surface area contributed by atoms with Crippen LogP contribution in [0.25, 0.3) is 0 Å². The first kappa shape index (κ1) is 32.1. The molecule has 0 spiro atoms. The minimum absolute atomic E-state index is 0.0170. The average molecular weight is 618 g/mol. The number of hydrogen-bond acceptors (Lipinski definition) is 10. The molecule has 12 nitrogen and oxygen atoms in total. The van der Waals surface area contributed by atoms with Crippen molar-refractivity contribution in [2.24, 2.45) is 0 Å². The van der Waals surface area contributed by atoms with E-state index in [4.69, 9.17) is 14.2 Å². The molecule has 6 bridgehead atoms.